The van der Waals surface area contributed by atoms with E-state index in [1.807, 2.05) is 75.4 Å². The van der Waals surface area contributed by atoms with Crippen LogP contribution in [0.15, 0.2) is 106 Å². The van der Waals surface area contributed by atoms with Crippen LogP contribution in [0.2, 0.25) is 10.0 Å². The topological polar surface area (TPSA) is 86.8 Å². The molecule has 0 saturated carbocycles. The van der Waals surface area contributed by atoms with Crippen LogP contribution in [0.4, 0.5) is 5.69 Å². The molecule has 0 heterocycles. The highest BCUT2D eigenvalue weighted by Crippen LogP contribution is 2.35. The predicted octanol–water partition coefficient (Wildman–Crippen LogP) is 7.81. The minimum atomic E-state index is -4.31. The van der Waals surface area contributed by atoms with Crippen LogP contribution in [-0.4, -0.2) is 43.8 Å². The van der Waals surface area contributed by atoms with Crippen LogP contribution in [0.25, 0.3) is 0 Å². The van der Waals surface area contributed by atoms with Crippen molar-refractivity contribution >= 4 is 66.7 Å². The quantitative estimate of drug-likeness (QED) is 0.151. The van der Waals surface area contributed by atoms with Crippen LogP contribution in [0.3, 0.4) is 0 Å². The summed E-state index contributed by atoms with van der Waals surface area (Å²) in [5.41, 5.74) is 2.53. The summed E-state index contributed by atoms with van der Waals surface area (Å²) in [6.07, 6.45) is 0.907. The van der Waals surface area contributed by atoms with Gasteiger partial charge >= 0.3 is 0 Å². The predicted molar refractivity (Wildman–Crippen MR) is 189 cm³/mol. The number of amides is 2. The Kier molecular flexibility index (Phi) is 12.3. The third-order valence-corrected chi connectivity index (χ3v) is 10.7. The molecule has 242 valence electrons. The van der Waals surface area contributed by atoms with Crippen LogP contribution in [0.1, 0.15) is 37.0 Å². The summed E-state index contributed by atoms with van der Waals surface area (Å²) in [6, 6.07) is 26.7. The molecule has 0 fully saturated rings. The Balaban J connectivity index is 1.84. The number of anilines is 1. The van der Waals surface area contributed by atoms with E-state index in [-0.39, 0.29) is 45.5 Å². The van der Waals surface area contributed by atoms with Crippen LogP contribution < -0.4 is 9.62 Å². The molecule has 4 aromatic rings. The van der Waals surface area contributed by atoms with Gasteiger partial charge in [0.15, 0.2) is 0 Å². The average molecular weight is 746 g/mol. The minimum Gasteiger partial charge on any atom is -0.352 e. The zero-order valence-corrected chi connectivity index (χ0v) is 29.7. The monoisotopic (exact) mass is 743 g/mol. The lowest BCUT2D eigenvalue weighted by Crippen LogP contribution is -2.54. The number of benzene rings is 4. The number of rotatable bonds is 13. The van der Waals surface area contributed by atoms with E-state index in [0.29, 0.717) is 6.42 Å². The fraction of sp³-hybridized carbons (Fsp3) is 0.257. The van der Waals surface area contributed by atoms with Gasteiger partial charge in [-0.25, -0.2) is 8.42 Å². The summed E-state index contributed by atoms with van der Waals surface area (Å²) in [7, 11) is -4.31. The molecule has 2 amide bonds. The number of carbonyl (C=O) groups excluding carboxylic acids is 2. The first-order chi connectivity index (χ1) is 21.9. The smallest absolute Gasteiger partial charge is 0.264 e. The van der Waals surface area contributed by atoms with Crippen molar-refractivity contribution < 1.29 is 18.0 Å². The third kappa shape index (κ3) is 8.91. The maximum absolute atomic E-state index is 14.6. The molecule has 0 radical (unpaired) electrons. The van der Waals surface area contributed by atoms with Gasteiger partial charge in [0, 0.05) is 23.5 Å². The summed E-state index contributed by atoms with van der Waals surface area (Å²) in [5, 5.41) is 3.16. The maximum Gasteiger partial charge on any atom is 0.264 e. The van der Waals surface area contributed by atoms with E-state index < -0.39 is 28.5 Å². The minimum absolute atomic E-state index is 0.0125. The van der Waals surface area contributed by atoms with Gasteiger partial charge in [-0.3, -0.25) is 13.9 Å². The molecule has 0 unspecified atom stereocenters. The lowest BCUT2D eigenvalue weighted by atomic mass is 10.0. The van der Waals surface area contributed by atoms with Crippen molar-refractivity contribution in [3.63, 3.8) is 0 Å². The van der Waals surface area contributed by atoms with Gasteiger partial charge in [0.2, 0.25) is 11.8 Å². The molecule has 11 heteroatoms. The zero-order chi connectivity index (χ0) is 33.4. The van der Waals surface area contributed by atoms with Crippen molar-refractivity contribution in [2.45, 2.75) is 57.1 Å². The normalized spacial score (nSPS) is 12.7. The number of carbonyl (C=O) groups is 2. The van der Waals surface area contributed by atoms with Crippen LogP contribution in [0.5, 0.6) is 0 Å². The SMILES string of the molecule is CC[C@H](C)NC(=O)[C@H](Cc1ccccc1)N(Cc1cccc(Br)c1)C(=O)CN(c1cccc(Cl)c1Cl)S(=O)(=O)c1ccc(C)cc1. The molecule has 0 aliphatic carbocycles. The van der Waals surface area contributed by atoms with E-state index in [9.17, 15) is 18.0 Å². The van der Waals surface area contributed by atoms with E-state index in [0.717, 1.165) is 25.5 Å². The molecule has 0 saturated heterocycles. The number of nitrogens with one attached hydrogen (secondary N) is 1. The lowest BCUT2D eigenvalue weighted by Gasteiger charge is -2.34. The molecule has 2 atom stereocenters. The van der Waals surface area contributed by atoms with E-state index in [1.54, 1.807) is 24.3 Å². The van der Waals surface area contributed by atoms with E-state index >= 15 is 0 Å². The summed E-state index contributed by atoms with van der Waals surface area (Å²) >= 11 is 16.4. The Morgan fingerprint density at radius 3 is 2.20 bits per heavy atom. The van der Waals surface area contributed by atoms with Gasteiger partial charge in [0.1, 0.15) is 12.6 Å². The van der Waals surface area contributed by atoms with E-state index in [2.05, 4.69) is 21.2 Å². The fourth-order valence-electron chi connectivity index (χ4n) is 4.86. The third-order valence-electron chi connectivity index (χ3n) is 7.60. The van der Waals surface area contributed by atoms with Crippen LogP contribution in [0, 0.1) is 6.92 Å². The van der Waals surface area contributed by atoms with Crippen LogP contribution in [-0.2, 0) is 32.6 Å². The Hall–Kier alpha value is -3.37. The number of hydrogen-bond acceptors (Lipinski definition) is 4. The van der Waals surface area contributed by atoms with Crippen molar-refractivity contribution in [2.24, 2.45) is 0 Å². The van der Waals surface area contributed by atoms with Gasteiger partial charge in [-0.1, -0.05) is 112 Å². The van der Waals surface area contributed by atoms with Crippen molar-refractivity contribution in [1.82, 2.24) is 10.2 Å². The highest BCUT2D eigenvalue weighted by Gasteiger charge is 2.35. The fourth-order valence-corrected chi connectivity index (χ4v) is 7.18. The molecule has 0 aliphatic heterocycles. The van der Waals surface area contributed by atoms with Crippen molar-refractivity contribution in [3.05, 3.63) is 128 Å². The second-order valence-electron chi connectivity index (χ2n) is 11.1. The summed E-state index contributed by atoms with van der Waals surface area (Å²) in [6.45, 7) is 5.12. The molecule has 1 N–H and O–H groups in total. The Labute approximate surface area is 289 Å². The number of hydrogen-bond donors (Lipinski definition) is 1. The molecule has 4 rings (SSSR count). The summed E-state index contributed by atoms with van der Waals surface area (Å²) < 4.78 is 30.2. The second kappa shape index (κ2) is 16.0. The molecule has 4 aromatic carbocycles. The van der Waals surface area contributed by atoms with Gasteiger partial charge in [-0.15, -0.1) is 0 Å². The molecule has 46 heavy (non-hydrogen) atoms. The Bertz CT molecular complexity index is 1770. The molecule has 7 nitrogen and oxygen atoms in total. The molecule has 0 spiro atoms. The number of aryl methyl sites for hydroxylation is 1. The van der Waals surface area contributed by atoms with Gasteiger partial charge in [-0.2, -0.15) is 0 Å². The first-order valence-electron chi connectivity index (χ1n) is 14.8. The van der Waals surface area contributed by atoms with Gasteiger partial charge in [0.25, 0.3) is 10.0 Å². The van der Waals surface area contributed by atoms with Gasteiger partial charge in [-0.05, 0) is 67.8 Å². The van der Waals surface area contributed by atoms with Gasteiger partial charge in [0.05, 0.1) is 20.6 Å². The average Bonchev–Trinajstić information content (AvgIpc) is 3.03. The van der Waals surface area contributed by atoms with Crippen molar-refractivity contribution in [3.8, 4) is 0 Å². The van der Waals surface area contributed by atoms with Crippen molar-refractivity contribution in [2.75, 3.05) is 10.8 Å². The van der Waals surface area contributed by atoms with E-state index in [4.69, 9.17) is 23.2 Å². The zero-order valence-electron chi connectivity index (χ0n) is 25.8. The Morgan fingerprint density at radius 2 is 1.54 bits per heavy atom. The van der Waals surface area contributed by atoms with E-state index in [1.165, 1.54) is 23.1 Å². The Morgan fingerprint density at radius 1 is 0.891 bits per heavy atom. The second-order valence-corrected chi connectivity index (χ2v) is 14.6. The summed E-state index contributed by atoms with van der Waals surface area (Å²) in [4.78, 5) is 30.0. The molecule has 0 aromatic heterocycles. The number of nitrogens with zero attached hydrogens (tertiary/aromatic N) is 2. The maximum atomic E-state index is 14.6. The first kappa shape index (κ1) is 35.5. The lowest BCUT2D eigenvalue weighted by molar-refractivity contribution is -0.140. The standard InChI is InChI=1S/C35H36BrCl2N3O4S/c1-4-25(3)39-35(43)32(21-26-10-6-5-7-11-26)40(22-27-12-8-13-28(36)20-27)33(42)23-41(31-15-9-14-30(37)34(31)38)46(44,45)29-18-16-24(2)17-19-29/h5-20,25,32H,4,21-23H2,1-3H3,(H,39,43)/t25-,32-/m0/s1. The molecular weight excluding hydrogens is 709 g/mol. The van der Waals surface area contributed by atoms with Crippen molar-refractivity contribution in [1.29, 1.82) is 0 Å². The highest BCUT2D eigenvalue weighted by atomic mass is 79.9. The number of halogens is 3. The molecular formula is C35H36BrCl2N3O4S. The largest absolute Gasteiger partial charge is 0.352 e. The first-order valence-corrected chi connectivity index (χ1v) is 17.8. The van der Waals surface area contributed by atoms with Crippen LogP contribution >= 0.6 is 39.1 Å². The van der Waals surface area contributed by atoms with Gasteiger partial charge < -0.3 is 10.2 Å². The molecule has 0 bridgehead atoms. The molecule has 0 aliphatic rings. The summed E-state index contributed by atoms with van der Waals surface area (Å²) in [5.74, 6) is -0.929. The number of sulfonamides is 1. The highest BCUT2D eigenvalue weighted by molar-refractivity contribution is 9.10.